The molecule has 0 radical (unpaired) electrons. The van der Waals surface area contributed by atoms with Gasteiger partial charge in [0.1, 0.15) is 11.6 Å². The van der Waals surface area contributed by atoms with Gasteiger partial charge in [-0.1, -0.05) is 6.08 Å². The van der Waals surface area contributed by atoms with E-state index in [0.717, 1.165) is 58.0 Å². The van der Waals surface area contributed by atoms with Gasteiger partial charge in [0.25, 0.3) is 0 Å². The number of carbonyl (C=O) groups is 1. The van der Waals surface area contributed by atoms with Crippen LogP contribution in [0, 0.1) is 5.92 Å². The zero-order valence-electron chi connectivity index (χ0n) is 17.9. The normalized spacial score (nSPS) is 19.5. The van der Waals surface area contributed by atoms with Gasteiger partial charge in [0.15, 0.2) is 0 Å². The number of pyridine rings is 2. The first kappa shape index (κ1) is 20.9. The highest BCUT2D eigenvalue weighted by atomic mass is 16.3. The summed E-state index contributed by atoms with van der Waals surface area (Å²) in [4.78, 5) is 25.2. The number of nitrogens with zero attached hydrogens (tertiary/aromatic N) is 3. The molecule has 2 aromatic rings. The Kier molecular flexibility index (Phi) is 5.69. The molecule has 2 aliphatic rings. The molecule has 0 spiro atoms. The molecule has 0 aliphatic heterocycles. The highest BCUT2D eigenvalue weighted by Gasteiger charge is 2.30. The summed E-state index contributed by atoms with van der Waals surface area (Å²) in [6, 6.07) is 1.86. The smallest absolute Gasteiger partial charge is 0.228 e. The van der Waals surface area contributed by atoms with E-state index in [1.54, 1.807) is 12.4 Å². The fraction of sp³-hybridized carbons (Fsp3) is 0.333. The van der Waals surface area contributed by atoms with E-state index in [0.29, 0.717) is 18.1 Å². The van der Waals surface area contributed by atoms with Gasteiger partial charge in [-0.25, -0.2) is 9.97 Å². The molecule has 4 N–H and O–H groups in total. The Balaban J connectivity index is 1.93. The lowest BCUT2D eigenvalue weighted by Crippen LogP contribution is -2.14. The lowest BCUT2D eigenvalue weighted by atomic mass is 9.92. The molecule has 1 amide bonds. The van der Waals surface area contributed by atoms with Crippen molar-refractivity contribution >= 4 is 46.2 Å². The number of amides is 1. The number of hydrogen-bond donors (Lipinski definition) is 3. The molecule has 160 valence electrons. The van der Waals surface area contributed by atoms with Crippen molar-refractivity contribution in [3.63, 3.8) is 0 Å². The molecule has 2 heterocycles. The average molecular weight is 418 g/mol. The van der Waals surface area contributed by atoms with Crippen molar-refractivity contribution in [3.05, 3.63) is 47.4 Å². The summed E-state index contributed by atoms with van der Waals surface area (Å²) < 4.78 is 0. The number of aliphatic imine (C=N–C) groups is 1. The van der Waals surface area contributed by atoms with Gasteiger partial charge in [0, 0.05) is 34.7 Å². The molecule has 0 bridgehead atoms. The number of nitrogens with two attached hydrogens (primary N) is 1. The van der Waals surface area contributed by atoms with Gasteiger partial charge in [0.05, 0.1) is 11.8 Å². The van der Waals surface area contributed by atoms with Crippen LogP contribution in [0.15, 0.2) is 41.2 Å². The number of aliphatic hydroxyl groups is 1. The molecule has 4 rings (SSSR count). The van der Waals surface area contributed by atoms with E-state index in [9.17, 15) is 9.90 Å². The van der Waals surface area contributed by atoms with Gasteiger partial charge in [-0.15, -0.1) is 0 Å². The van der Waals surface area contributed by atoms with Crippen molar-refractivity contribution in [1.82, 2.24) is 9.97 Å². The molecule has 0 aromatic carbocycles. The van der Waals surface area contributed by atoms with E-state index in [2.05, 4.69) is 22.0 Å². The number of anilines is 2. The largest absolute Gasteiger partial charge is 0.389 e. The van der Waals surface area contributed by atoms with E-state index in [1.165, 1.54) is 0 Å². The molecule has 2 aromatic heterocycles. The summed E-state index contributed by atoms with van der Waals surface area (Å²) in [5.74, 6) is 0.954. The topological polar surface area (TPSA) is 113 Å². The number of rotatable bonds is 6. The summed E-state index contributed by atoms with van der Waals surface area (Å²) >= 11 is 0. The fourth-order valence-electron chi connectivity index (χ4n) is 3.86. The Labute approximate surface area is 181 Å². The first-order valence-electron chi connectivity index (χ1n) is 10.5. The lowest BCUT2D eigenvalue weighted by molar-refractivity contribution is -0.117. The van der Waals surface area contributed by atoms with Gasteiger partial charge in [0.2, 0.25) is 5.91 Å². The van der Waals surface area contributed by atoms with Gasteiger partial charge < -0.3 is 16.2 Å². The van der Waals surface area contributed by atoms with E-state index >= 15 is 0 Å². The molecule has 7 heteroatoms. The van der Waals surface area contributed by atoms with Crippen LogP contribution < -0.4 is 11.1 Å². The van der Waals surface area contributed by atoms with Crippen molar-refractivity contribution in [2.75, 3.05) is 11.1 Å². The first-order chi connectivity index (χ1) is 14.9. The average Bonchev–Trinajstić information content (AvgIpc) is 3.52. The number of hydrogen-bond acceptors (Lipinski definition) is 6. The number of aliphatic hydroxyl groups excluding tert-OH is 1. The SMILES string of the molecule is C=N/C=C\C(C)=C(/C)c1nc(N)c2cnc(NC(=O)C3CC3)cc2c1C1=C[C@@H](O)CC1. The van der Waals surface area contributed by atoms with Crippen LogP contribution in [0.5, 0.6) is 0 Å². The van der Waals surface area contributed by atoms with E-state index < -0.39 is 6.10 Å². The van der Waals surface area contributed by atoms with Gasteiger partial charge in [-0.3, -0.25) is 9.79 Å². The van der Waals surface area contributed by atoms with Crippen LogP contribution in [0.2, 0.25) is 0 Å². The van der Waals surface area contributed by atoms with Crippen LogP contribution in [0.1, 0.15) is 50.8 Å². The maximum atomic E-state index is 12.3. The van der Waals surface area contributed by atoms with E-state index in [-0.39, 0.29) is 11.8 Å². The van der Waals surface area contributed by atoms with Gasteiger partial charge in [-0.2, -0.15) is 0 Å². The van der Waals surface area contributed by atoms with Crippen LogP contribution in [0.25, 0.3) is 21.9 Å². The number of nitrogen functional groups attached to an aromatic ring is 1. The molecule has 31 heavy (non-hydrogen) atoms. The molecule has 1 saturated carbocycles. The van der Waals surface area contributed by atoms with Crippen LogP contribution in [-0.2, 0) is 4.79 Å². The third-order valence-corrected chi connectivity index (χ3v) is 5.92. The van der Waals surface area contributed by atoms with Gasteiger partial charge in [-0.05, 0) is 75.1 Å². The Morgan fingerprint density at radius 3 is 2.74 bits per heavy atom. The quantitative estimate of drug-likeness (QED) is 0.484. The second-order valence-corrected chi connectivity index (χ2v) is 8.20. The fourth-order valence-corrected chi connectivity index (χ4v) is 3.86. The molecule has 1 fully saturated rings. The summed E-state index contributed by atoms with van der Waals surface area (Å²) in [6.45, 7) is 7.45. The minimum atomic E-state index is -0.485. The van der Waals surface area contributed by atoms with Crippen molar-refractivity contribution in [2.45, 2.75) is 45.6 Å². The number of fused-ring (bicyclic) bond motifs is 1. The van der Waals surface area contributed by atoms with Crippen LogP contribution >= 0.6 is 0 Å². The molecule has 0 unspecified atom stereocenters. The predicted octanol–water partition coefficient (Wildman–Crippen LogP) is 4.11. The number of allylic oxidation sites excluding steroid dienone is 4. The zero-order valence-corrected chi connectivity index (χ0v) is 17.9. The van der Waals surface area contributed by atoms with Crippen molar-refractivity contribution in [1.29, 1.82) is 0 Å². The number of nitrogens with one attached hydrogen (secondary N) is 1. The number of aromatic nitrogens is 2. The highest BCUT2D eigenvalue weighted by molar-refractivity contribution is 6.04. The highest BCUT2D eigenvalue weighted by Crippen LogP contribution is 2.40. The Hall–Kier alpha value is -3.32. The second kappa shape index (κ2) is 8.43. The lowest BCUT2D eigenvalue weighted by Gasteiger charge is -2.17. The van der Waals surface area contributed by atoms with Crippen LogP contribution in [0.4, 0.5) is 11.6 Å². The summed E-state index contributed by atoms with van der Waals surface area (Å²) in [5, 5.41) is 14.7. The van der Waals surface area contributed by atoms with Crippen molar-refractivity contribution < 1.29 is 9.90 Å². The first-order valence-corrected chi connectivity index (χ1v) is 10.5. The zero-order chi connectivity index (χ0) is 22.1. The maximum absolute atomic E-state index is 12.3. The molecule has 1 atom stereocenters. The minimum Gasteiger partial charge on any atom is -0.389 e. The van der Waals surface area contributed by atoms with Crippen molar-refractivity contribution in [2.24, 2.45) is 10.9 Å². The number of carbonyl (C=O) groups excluding carboxylic acids is 1. The second-order valence-electron chi connectivity index (χ2n) is 8.20. The van der Waals surface area contributed by atoms with Crippen LogP contribution in [0.3, 0.4) is 0 Å². The third kappa shape index (κ3) is 4.27. The third-order valence-electron chi connectivity index (χ3n) is 5.92. The Bertz CT molecular complexity index is 1160. The van der Waals surface area contributed by atoms with Crippen molar-refractivity contribution in [3.8, 4) is 0 Å². The Morgan fingerprint density at radius 1 is 1.32 bits per heavy atom. The maximum Gasteiger partial charge on any atom is 0.228 e. The Morgan fingerprint density at radius 2 is 2.10 bits per heavy atom. The molecule has 2 aliphatic carbocycles. The minimum absolute atomic E-state index is 0.000129. The molecule has 0 saturated heterocycles. The van der Waals surface area contributed by atoms with Gasteiger partial charge >= 0.3 is 0 Å². The van der Waals surface area contributed by atoms with Crippen LogP contribution in [-0.4, -0.2) is 33.8 Å². The molecular formula is C24H27N5O2. The molecular weight excluding hydrogens is 390 g/mol. The summed E-state index contributed by atoms with van der Waals surface area (Å²) in [6.07, 6.45) is 9.81. The van der Waals surface area contributed by atoms with E-state index in [4.69, 9.17) is 10.7 Å². The standard InChI is InChI=1S/C24H27N5O2/c1-13(8-9-26-3)14(2)22-21(16-6-7-17(30)10-16)18-11-20(28-24(31)15-4-5-15)27-12-19(18)23(25)29-22/h8-12,15,17,30H,3-7H2,1-2H3,(H2,25,29)(H,27,28,31)/b9-8-,14-13+/t17-/m0/s1. The summed E-state index contributed by atoms with van der Waals surface area (Å²) in [7, 11) is 0. The molecule has 7 nitrogen and oxygen atoms in total. The predicted molar refractivity (Wildman–Crippen MR) is 125 cm³/mol. The van der Waals surface area contributed by atoms with E-state index in [1.807, 2.05) is 32.1 Å². The monoisotopic (exact) mass is 417 g/mol. The summed E-state index contributed by atoms with van der Waals surface area (Å²) in [5.41, 5.74) is 10.9.